The quantitative estimate of drug-likeness (QED) is 0.904. The Hall–Kier alpha value is -2.93. The Morgan fingerprint density at radius 3 is 2.35 bits per heavy atom. The fraction of sp³-hybridized carbons (Fsp3) is 0.263. The van der Waals surface area contributed by atoms with Crippen molar-refractivity contribution in [3.8, 4) is 5.75 Å². The van der Waals surface area contributed by atoms with Crippen LogP contribution in [0.5, 0.6) is 5.75 Å². The summed E-state index contributed by atoms with van der Waals surface area (Å²) >= 11 is 0. The number of hydrogen-bond donors (Lipinski definition) is 1. The fourth-order valence-corrected chi connectivity index (χ4v) is 2.86. The second-order valence-electron chi connectivity index (χ2n) is 5.96. The summed E-state index contributed by atoms with van der Waals surface area (Å²) in [5.74, 6) is -0.561. The van der Waals surface area contributed by atoms with Crippen molar-refractivity contribution in [1.29, 1.82) is 0 Å². The summed E-state index contributed by atoms with van der Waals surface area (Å²) in [6, 6.07) is 12.2. The number of carbonyl (C=O) groups excluding carboxylic acids is 2. The van der Waals surface area contributed by atoms with Gasteiger partial charge in [0.25, 0.3) is 5.91 Å². The van der Waals surface area contributed by atoms with Gasteiger partial charge >= 0.3 is 0 Å². The molecule has 1 saturated heterocycles. The number of hydrogen-bond acceptors (Lipinski definition) is 4. The molecule has 2 amide bonds. The molecule has 6 nitrogen and oxygen atoms in total. The number of methoxy groups -OCH3 is 1. The predicted molar refractivity (Wildman–Crippen MR) is 93.3 cm³/mol. The summed E-state index contributed by atoms with van der Waals surface area (Å²) in [7, 11) is 1.57. The highest BCUT2D eigenvalue weighted by atomic mass is 19.1. The average Bonchev–Trinajstić information content (AvgIpc) is 2.67. The third-order valence-corrected chi connectivity index (χ3v) is 4.34. The second-order valence-corrected chi connectivity index (χ2v) is 5.96. The molecule has 2 aromatic carbocycles. The number of nitrogens with zero attached hydrogens (tertiary/aromatic N) is 2. The first-order valence-electron chi connectivity index (χ1n) is 8.16. The Kier molecular flexibility index (Phi) is 5.18. The maximum absolute atomic E-state index is 13.0. The van der Waals surface area contributed by atoms with Crippen LogP contribution in [0.15, 0.2) is 48.5 Å². The third kappa shape index (κ3) is 3.67. The van der Waals surface area contributed by atoms with Crippen LogP contribution in [0.2, 0.25) is 0 Å². The van der Waals surface area contributed by atoms with E-state index >= 15 is 0 Å². The molecule has 7 heteroatoms. The molecule has 1 aliphatic heterocycles. The molecule has 0 aromatic heterocycles. The number of benzene rings is 2. The molecule has 1 fully saturated rings. The molecule has 136 valence electrons. The van der Waals surface area contributed by atoms with Crippen LogP contribution in [-0.2, 0) is 9.59 Å². The summed E-state index contributed by atoms with van der Waals surface area (Å²) < 4.78 is 18.1. The molecule has 0 unspecified atom stereocenters. The van der Waals surface area contributed by atoms with Gasteiger partial charge in [0.05, 0.1) is 7.11 Å². The summed E-state index contributed by atoms with van der Waals surface area (Å²) in [6.45, 7) is 0.505. The first-order chi connectivity index (χ1) is 12.5. The van der Waals surface area contributed by atoms with E-state index in [-0.39, 0.29) is 12.5 Å². The molecular formula is C19H19FN2O4. The molecule has 0 radical (unpaired) electrons. The topological polar surface area (TPSA) is 70.1 Å². The van der Waals surface area contributed by atoms with Crippen molar-refractivity contribution in [1.82, 2.24) is 4.90 Å². The molecule has 0 spiro atoms. The van der Waals surface area contributed by atoms with Crippen molar-refractivity contribution in [3.05, 3.63) is 59.9 Å². The van der Waals surface area contributed by atoms with Crippen LogP contribution >= 0.6 is 0 Å². The van der Waals surface area contributed by atoms with E-state index in [1.807, 2.05) is 0 Å². The lowest BCUT2D eigenvalue weighted by Gasteiger charge is -2.35. The number of ether oxygens (including phenoxy) is 1. The molecule has 2 aromatic rings. The van der Waals surface area contributed by atoms with E-state index in [1.165, 1.54) is 29.2 Å². The van der Waals surface area contributed by atoms with Crippen molar-refractivity contribution >= 4 is 17.5 Å². The van der Waals surface area contributed by atoms with E-state index in [0.717, 1.165) is 5.69 Å². The molecule has 0 saturated carbocycles. The zero-order valence-electron chi connectivity index (χ0n) is 14.3. The average molecular weight is 358 g/mol. The summed E-state index contributed by atoms with van der Waals surface area (Å²) in [5, 5.41) is 10.2. The Morgan fingerprint density at radius 2 is 1.77 bits per heavy atom. The van der Waals surface area contributed by atoms with Crippen molar-refractivity contribution in [2.24, 2.45) is 0 Å². The minimum Gasteiger partial charge on any atom is -0.497 e. The van der Waals surface area contributed by atoms with E-state index in [9.17, 15) is 19.1 Å². The van der Waals surface area contributed by atoms with Gasteiger partial charge in [-0.05, 0) is 42.0 Å². The molecule has 0 bridgehead atoms. The number of anilines is 1. The minimum atomic E-state index is -1.42. The Labute approximate surface area is 150 Å². The van der Waals surface area contributed by atoms with Crippen LogP contribution in [0.3, 0.4) is 0 Å². The number of rotatable bonds is 4. The smallest absolute Gasteiger partial charge is 0.256 e. The molecule has 1 atom stereocenters. The molecule has 1 N–H and O–H groups in total. The van der Waals surface area contributed by atoms with Crippen LogP contribution in [0.4, 0.5) is 10.1 Å². The van der Waals surface area contributed by atoms with Gasteiger partial charge in [-0.15, -0.1) is 0 Å². The number of halogens is 1. The number of piperazine rings is 1. The summed E-state index contributed by atoms with van der Waals surface area (Å²) in [6.07, 6.45) is -1.42. The monoisotopic (exact) mass is 358 g/mol. The van der Waals surface area contributed by atoms with Gasteiger partial charge in [0.2, 0.25) is 5.91 Å². The maximum atomic E-state index is 13.0. The SMILES string of the molecule is COc1ccc(N2CCN(C(=O)[C@H](O)c3ccc(F)cc3)CC2=O)cc1. The standard InChI is InChI=1S/C19H19FN2O4/c1-26-16-8-6-15(7-9-16)22-11-10-21(12-17(22)23)19(25)18(24)13-2-4-14(20)5-3-13/h2-9,18,24H,10-12H2,1H3/t18-/m1/s1. The Bertz CT molecular complexity index is 792. The lowest BCUT2D eigenvalue weighted by Crippen LogP contribution is -2.53. The van der Waals surface area contributed by atoms with Crippen LogP contribution < -0.4 is 9.64 Å². The zero-order valence-corrected chi connectivity index (χ0v) is 14.3. The van der Waals surface area contributed by atoms with Crippen molar-refractivity contribution in [2.75, 3.05) is 31.6 Å². The largest absolute Gasteiger partial charge is 0.497 e. The molecular weight excluding hydrogens is 339 g/mol. The van der Waals surface area contributed by atoms with E-state index in [1.54, 1.807) is 36.3 Å². The molecule has 0 aliphatic carbocycles. The normalized spacial score (nSPS) is 15.7. The molecule has 3 rings (SSSR count). The Morgan fingerprint density at radius 1 is 1.12 bits per heavy atom. The number of aliphatic hydroxyl groups excluding tert-OH is 1. The number of amides is 2. The van der Waals surface area contributed by atoms with Gasteiger partial charge in [0, 0.05) is 18.8 Å². The van der Waals surface area contributed by atoms with E-state index in [2.05, 4.69) is 0 Å². The van der Waals surface area contributed by atoms with Crippen molar-refractivity contribution in [2.45, 2.75) is 6.10 Å². The van der Waals surface area contributed by atoms with Gasteiger partial charge in [0.15, 0.2) is 6.10 Å². The van der Waals surface area contributed by atoms with E-state index in [0.29, 0.717) is 24.4 Å². The lowest BCUT2D eigenvalue weighted by atomic mass is 10.1. The van der Waals surface area contributed by atoms with Crippen molar-refractivity contribution < 1.29 is 23.8 Å². The number of carbonyl (C=O) groups is 2. The minimum absolute atomic E-state index is 0.122. The van der Waals surface area contributed by atoms with Crippen LogP contribution in [0.1, 0.15) is 11.7 Å². The van der Waals surface area contributed by atoms with Gasteiger partial charge < -0.3 is 19.6 Å². The van der Waals surface area contributed by atoms with Crippen LogP contribution in [-0.4, -0.2) is 48.6 Å². The van der Waals surface area contributed by atoms with Crippen LogP contribution in [0, 0.1) is 5.82 Å². The lowest BCUT2D eigenvalue weighted by molar-refractivity contribution is -0.144. The molecule has 1 aliphatic rings. The van der Waals surface area contributed by atoms with E-state index < -0.39 is 17.8 Å². The van der Waals surface area contributed by atoms with Gasteiger partial charge in [0.1, 0.15) is 18.1 Å². The Balaban J connectivity index is 1.66. The van der Waals surface area contributed by atoms with Gasteiger partial charge in [-0.25, -0.2) is 4.39 Å². The molecule has 1 heterocycles. The van der Waals surface area contributed by atoms with Crippen LogP contribution in [0.25, 0.3) is 0 Å². The summed E-state index contributed by atoms with van der Waals surface area (Å²) in [5.41, 5.74) is 1.02. The predicted octanol–water partition coefficient (Wildman–Crippen LogP) is 1.74. The first-order valence-corrected chi connectivity index (χ1v) is 8.16. The zero-order chi connectivity index (χ0) is 18.7. The highest BCUT2D eigenvalue weighted by Gasteiger charge is 2.31. The van der Waals surface area contributed by atoms with Gasteiger partial charge in [-0.1, -0.05) is 12.1 Å². The fourth-order valence-electron chi connectivity index (χ4n) is 2.86. The molecule has 26 heavy (non-hydrogen) atoms. The van der Waals surface area contributed by atoms with Gasteiger partial charge in [-0.3, -0.25) is 9.59 Å². The highest BCUT2D eigenvalue weighted by molar-refractivity contribution is 5.98. The maximum Gasteiger partial charge on any atom is 0.256 e. The van der Waals surface area contributed by atoms with Crippen molar-refractivity contribution in [3.63, 3.8) is 0 Å². The highest BCUT2D eigenvalue weighted by Crippen LogP contribution is 2.23. The second kappa shape index (κ2) is 7.53. The first kappa shape index (κ1) is 17.9. The summed E-state index contributed by atoms with van der Waals surface area (Å²) in [4.78, 5) is 27.8. The van der Waals surface area contributed by atoms with Gasteiger partial charge in [-0.2, -0.15) is 0 Å². The third-order valence-electron chi connectivity index (χ3n) is 4.34. The van der Waals surface area contributed by atoms with E-state index in [4.69, 9.17) is 4.74 Å². The number of aliphatic hydroxyl groups is 1.